The van der Waals surface area contributed by atoms with Gasteiger partial charge in [0.2, 0.25) is 10.0 Å². The number of halogens is 2. The highest BCUT2D eigenvalue weighted by atomic mass is 35.5. The van der Waals surface area contributed by atoms with Gasteiger partial charge in [0.25, 0.3) is 0 Å². The van der Waals surface area contributed by atoms with Gasteiger partial charge in [-0.1, -0.05) is 23.2 Å². The Hall–Kier alpha value is -0.860. The summed E-state index contributed by atoms with van der Waals surface area (Å²) in [4.78, 5) is 10.6. The first-order valence-corrected chi connectivity index (χ1v) is 8.29. The summed E-state index contributed by atoms with van der Waals surface area (Å²) in [6.45, 7) is 0.244. The first kappa shape index (κ1) is 16.5. The maximum Gasteiger partial charge on any atom is 0.306 e. The maximum atomic E-state index is 12.6. The number of carboxylic acids is 1. The van der Waals surface area contributed by atoms with E-state index in [0.29, 0.717) is 0 Å². The van der Waals surface area contributed by atoms with Crippen LogP contribution in [0.5, 0.6) is 0 Å². The van der Waals surface area contributed by atoms with Gasteiger partial charge in [0.1, 0.15) is 4.90 Å². The van der Waals surface area contributed by atoms with E-state index in [1.807, 2.05) is 0 Å². The Morgan fingerprint density at radius 2 is 2.14 bits per heavy atom. The van der Waals surface area contributed by atoms with E-state index >= 15 is 0 Å². The van der Waals surface area contributed by atoms with Crippen LogP contribution in [0.15, 0.2) is 23.1 Å². The van der Waals surface area contributed by atoms with Gasteiger partial charge < -0.3 is 9.84 Å². The van der Waals surface area contributed by atoms with Gasteiger partial charge in [-0.3, -0.25) is 4.79 Å². The highest BCUT2D eigenvalue weighted by molar-refractivity contribution is 7.89. The number of morpholine rings is 1. The predicted molar refractivity (Wildman–Crippen MR) is 77.2 cm³/mol. The molecule has 1 N–H and O–H groups in total. The fraction of sp³-hybridized carbons (Fsp3) is 0.417. The van der Waals surface area contributed by atoms with Crippen molar-refractivity contribution in [3.63, 3.8) is 0 Å². The lowest BCUT2D eigenvalue weighted by Gasteiger charge is -2.31. The van der Waals surface area contributed by atoms with Crippen molar-refractivity contribution < 1.29 is 23.1 Å². The molecule has 116 valence electrons. The summed E-state index contributed by atoms with van der Waals surface area (Å²) in [5.74, 6) is -1.04. The molecule has 0 spiro atoms. The standard InChI is InChI=1S/C12H13Cl2NO5S/c13-8-1-2-10(14)11(5-8)21(18,19)15-3-4-20-9(7-15)6-12(16)17/h1-2,5,9H,3-4,6-7H2,(H,16,17). The van der Waals surface area contributed by atoms with Crippen molar-refractivity contribution in [3.05, 3.63) is 28.2 Å². The summed E-state index contributed by atoms with van der Waals surface area (Å²) in [6, 6.07) is 4.18. The van der Waals surface area contributed by atoms with Crippen molar-refractivity contribution in [2.24, 2.45) is 0 Å². The maximum absolute atomic E-state index is 12.6. The summed E-state index contributed by atoms with van der Waals surface area (Å²) in [5, 5.41) is 9.09. The molecular weight excluding hydrogens is 341 g/mol. The Morgan fingerprint density at radius 1 is 1.43 bits per heavy atom. The molecule has 1 unspecified atom stereocenters. The number of carbonyl (C=O) groups is 1. The molecule has 1 heterocycles. The summed E-state index contributed by atoms with van der Waals surface area (Å²) in [5.41, 5.74) is 0. The van der Waals surface area contributed by atoms with Crippen molar-refractivity contribution in [2.75, 3.05) is 19.7 Å². The molecule has 1 aromatic rings. The molecule has 0 amide bonds. The SMILES string of the molecule is O=C(O)CC1CN(S(=O)(=O)c2cc(Cl)ccc2Cl)CCO1. The smallest absolute Gasteiger partial charge is 0.306 e. The van der Waals surface area contributed by atoms with Crippen LogP contribution in [0, 0.1) is 0 Å². The van der Waals surface area contributed by atoms with Crippen LogP contribution in [0.4, 0.5) is 0 Å². The van der Waals surface area contributed by atoms with E-state index in [2.05, 4.69) is 0 Å². The average molecular weight is 354 g/mol. The fourth-order valence-corrected chi connectivity index (χ4v) is 4.24. The fourth-order valence-electron chi connectivity index (χ4n) is 2.04. The normalized spacial score (nSPS) is 20.4. The third-order valence-electron chi connectivity index (χ3n) is 3.01. The molecule has 21 heavy (non-hydrogen) atoms. The van der Waals surface area contributed by atoms with Crippen LogP contribution in [0.25, 0.3) is 0 Å². The number of benzene rings is 1. The van der Waals surface area contributed by atoms with E-state index in [1.165, 1.54) is 22.5 Å². The number of ether oxygens (including phenoxy) is 1. The lowest BCUT2D eigenvalue weighted by Crippen LogP contribution is -2.46. The second kappa shape index (κ2) is 6.50. The third kappa shape index (κ3) is 3.87. The van der Waals surface area contributed by atoms with Gasteiger partial charge in [0.15, 0.2) is 0 Å². The Morgan fingerprint density at radius 3 is 2.81 bits per heavy atom. The minimum Gasteiger partial charge on any atom is -0.481 e. The lowest BCUT2D eigenvalue weighted by molar-refractivity contribution is -0.141. The summed E-state index contributed by atoms with van der Waals surface area (Å²) < 4.78 is 31.6. The van der Waals surface area contributed by atoms with Gasteiger partial charge in [0, 0.05) is 18.1 Å². The van der Waals surface area contributed by atoms with Crippen molar-refractivity contribution >= 4 is 39.2 Å². The summed E-state index contributed by atoms with van der Waals surface area (Å²) >= 11 is 11.7. The number of carboxylic acid groups (broad SMARTS) is 1. The molecule has 1 aliphatic heterocycles. The molecule has 6 nitrogen and oxygen atoms in total. The zero-order valence-corrected chi connectivity index (χ0v) is 13.2. The van der Waals surface area contributed by atoms with E-state index in [4.69, 9.17) is 33.0 Å². The van der Waals surface area contributed by atoms with Crippen LogP contribution in [0.1, 0.15) is 6.42 Å². The van der Waals surface area contributed by atoms with Crippen LogP contribution >= 0.6 is 23.2 Å². The molecule has 9 heteroatoms. The lowest BCUT2D eigenvalue weighted by atomic mass is 10.2. The Balaban J connectivity index is 2.26. The molecule has 2 rings (SSSR count). The van der Waals surface area contributed by atoms with Gasteiger partial charge in [-0.2, -0.15) is 4.31 Å². The van der Waals surface area contributed by atoms with Crippen molar-refractivity contribution in [1.82, 2.24) is 4.31 Å². The molecule has 0 saturated carbocycles. The predicted octanol–water partition coefficient (Wildman–Crippen LogP) is 1.86. The molecule has 0 aliphatic carbocycles. The minimum absolute atomic E-state index is 0.0303. The highest BCUT2D eigenvalue weighted by Crippen LogP contribution is 2.28. The molecule has 0 aromatic heterocycles. The first-order valence-electron chi connectivity index (χ1n) is 6.09. The number of hydrogen-bond donors (Lipinski definition) is 1. The van der Waals surface area contributed by atoms with Gasteiger partial charge in [-0.15, -0.1) is 0 Å². The van der Waals surface area contributed by atoms with Gasteiger partial charge in [0.05, 0.1) is 24.2 Å². The van der Waals surface area contributed by atoms with E-state index in [9.17, 15) is 13.2 Å². The second-order valence-electron chi connectivity index (χ2n) is 4.53. The Labute approximate surface area is 132 Å². The van der Waals surface area contributed by atoms with E-state index in [-0.39, 0.29) is 41.1 Å². The van der Waals surface area contributed by atoms with Gasteiger partial charge >= 0.3 is 5.97 Å². The number of hydrogen-bond acceptors (Lipinski definition) is 4. The number of sulfonamides is 1. The zero-order valence-electron chi connectivity index (χ0n) is 10.8. The van der Waals surface area contributed by atoms with Crippen LogP contribution in [0.3, 0.4) is 0 Å². The van der Waals surface area contributed by atoms with Crippen LogP contribution in [0.2, 0.25) is 10.0 Å². The second-order valence-corrected chi connectivity index (χ2v) is 7.28. The van der Waals surface area contributed by atoms with Gasteiger partial charge in [-0.25, -0.2) is 8.42 Å². The van der Waals surface area contributed by atoms with Crippen LogP contribution in [-0.4, -0.2) is 49.6 Å². The molecule has 1 saturated heterocycles. The highest BCUT2D eigenvalue weighted by Gasteiger charge is 2.33. The Kier molecular flexibility index (Phi) is 5.11. The molecule has 0 bridgehead atoms. The van der Waals surface area contributed by atoms with E-state index in [0.717, 1.165) is 0 Å². The minimum atomic E-state index is -3.84. The first-order chi connectivity index (χ1) is 9.80. The monoisotopic (exact) mass is 353 g/mol. The van der Waals surface area contributed by atoms with Crippen LogP contribution in [-0.2, 0) is 19.6 Å². The number of nitrogens with zero attached hydrogens (tertiary/aromatic N) is 1. The zero-order chi connectivity index (χ0) is 15.6. The van der Waals surface area contributed by atoms with E-state index in [1.54, 1.807) is 0 Å². The van der Waals surface area contributed by atoms with E-state index < -0.39 is 22.1 Å². The molecule has 1 aromatic carbocycles. The summed E-state index contributed by atoms with van der Waals surface area (Å²) in [7, 11) is -3.84. The molecule has 0 radical (unpaired) electrons. The average Bonchev–Trinajstić information content (AvgIpc) is 2.41. The quantitative estimate of drug-likeness (QED) is 0.892. The van der Waals surface area contributed by atoms with Crippen molar-refractivity contribution in [1.29, 1.82) is 0 Å². The van der Waals surface area contributed by atoms with Crippen molar-refractivity contribution in [3.8, 4) is 0 Å². The number of rotatable bonds is 4. The van der Waals surface area contributed by atoms with Crippen LogP contribution < -0.4 is 0 Å². The van der Waals surface area contributed by atoms with Crippen molar-refractivity contribution in [2.45, 2.75) is 17.4 Å². The Bertz CT molecular complexity index is 649. The molecular formula is C12H13Cl2NO5S. The third-order valence-corrected chi connectivity index (χ3v) is 5.60. The molecule has 1 fully saturated rings. The molecule has 1 atom stereocenters. The topological polar surface area (TPSA) is 83.9 Å². The number of aliphatic carboxylic acids is 1. The largest absolute Gasteiger partial charge is 0.481 e. The molecule has 1 aliphatic rings. The summed E-state index contributed by atoms with van der Waals surface area (Å²) in [6.07, 6.45) is -0.932. The van der Waals surface area contributed by atoms with Gasteiger partial charge in [-0.05, 0) is 18.2 Å².